The summed E-state index contributed by atoms with van der Waals surface area (Å²) < 4.78 is 0. The molecule has 0 aromatic carbocycles. The highest BCUT2D eigenvalue weighted by Gasteiger charge is 2.01. The molecule has 0 radical (unpaired) electrons. The van der Waals surface area contributed by atoms with Crippen molar-refractivity contribution in [1.29, 1.82) is 5.53 Å². The zero-order valence-corrected chi connectivity index (χ0v) is 4.05. The molecule has 0 unspecified atom stereocenters. The minimum Gasteiger partial charge on any atom is -0.369 e. The van der Waals surface area contributed by atoms with Gasteiger partial charge in [-0.3, -0.25) is 9.59 Å². The standard InChI is InChI=1S/C3H5N3O2/c4-2(7)1-3(8)6-5/h5H,1H2,(H2,4,7). The molecule has 5 heteroatoms. The molecule has 0 aliphatic carbocycles. The number of nitrogens with zero attached hydrogens (tertiary/aromatic N) is 1. The van der Waals surface area contributed by atoms with Crippen LogP contribution in [0.5, 0.6) is 0 Å². The Morgan fingerprint density at radius 3 is 2.25 bits per heavy atom. The molecule has 0 rings (SSSR count). The van der Waals surface area contributed by atoms with Crippen molar-refractivity contribution < 1.29 is 9.59 Å². The molecule has 0 spiro atoms. The Kier molecular flexibility index (Phi) is 2.39. The van der Waals surface area contributed by atoms with E-state index in [1.165, 1.54) is 0 Å². The lowest BCUT2D eigenvalue weighted by Crippen LogP contribution is -2.14. The van der Waals surface area contributed by atoms with E-state index in [2.05, 4.69) is 10.8 Å². The molecule has 0 aromatic rings. The summed E-state index contributed by atoms with van der Waals surface area (Å²) in [6.07, 6.45) is -0.469. The Morgan fingerprint density at radius 2 is 2.12 bits per heavy atom. The fraction of sp³-hybridized carbons (Fsp3) is 0.333. The Morgan fingerprint density at radius 1 is 1.62 bits per heavy atom. The molecule has 44 valence electrons. The molecule has 0 heterocycles. The van der Waals surface area contributed by atoms with Crippen LogP contribution in [-0.4, -0.2) is 11.8 Å². The maximum absolute atomic E-state index is 9.97. The first-order chi connectivity index (χ1) is 3.66. The SMILES string of the molecule is N=NC(=O)CC(N)=O. The second kappa shape index (κ2) is 2.84. The van der Waals surface area contributed by atoms with Crippen LogP contribution < -0.4 is 5.73 Å². The number of hydrogen-bond donors (Lipinski definition) is 2. The first-order valence-corrected chi connectivity index (χ1v) is 1.85. The highest BCUT2D eigenvalue weighted by molar-refractivity contribution is 5.96. The van der Waals surface area contributed by atoms with Crippen LogP contribution in [0.2, 0.25) is 0 Å². The zero-order valence-electron chi connectivity index (χ0n) is 4.05. The summed E-state index contributed by atoms with van der Waals surface area (Å²) in [6.45, 7) is 0. The number of amides is 2. The normalized spacial score (nSPS) is 8.00. The van der Waals surface area contributed by atoms with Gasteiger partial charge >= 0.3 is 0 Å². The molecule has 0 aromatic heterocycles. The van der Waals surface area contributed by atoms with Crippen LogP contribution in [0, 0.1) is 5.53 Å². The first-order valence-electron chi connectivity index (χ1n) is 1.85. The molecule has 2 amide bonds. The van der Waals surface area contributed by atoms with E-state index >= 15 is 0 Å². The molecular weight excluding hydrogens is 110 g/mol. The van der Waals surface area contributed by atoms with Gasteiger partial charge in [0, 0.05) is 0 Å². The molecule has 0 fully saturated rings. The number of carbonyl (C=O) groups excluding carboxylic acids is 2. The van der Waals surface area contributed by atoms with Crippen molar-refractivity contribution >= 4 is 11.8 Å². The third-order valence-electron chi connectivity index (χ3n) is 0.450. The van der Waals surface area contributed by atoms with E-state index in [-0.39, 0.29) is 0 Å². The maximum Gasteiger partial charge on any atom is 0.273 e. The predicted octanol–water partition coefficient (Wildman–Crippen LogP) is -0.581. The smallest absolute Gasteiger partial charge is 0.273 e. The van der Waals surface area contributed by atoms with Crippen LogP contribution in [0.3, 0.4) is 0 Å². The van der Waals surface area contributed by atoms with Crippen LogP contribution in [0.4, 0.5) is 0 Å². The number of carbonyl (C=O) groups is 2. The van der Waals surface area contributed by atoms with Crippen LogP contribution in [0.25, 0.3) is 0 Å². The molecule has 0 saturated carbocycles. The van der Waals surface area contributed by atoms with Gasteiger partial charge in [-0.2, -0.15) is 0 Å². The van der Waals surface area contributed by atoms with Crippen molar-refractivity contribution in [2.75, 3.05) is 0 Å². The Labute approximate surface area is 45.4 Å². The topological polar surface area (TPSA) is 96.4 Å². The maximum atomic E-state index is 9.97. The van der Waals surface area contributed by atoms with Gasteiger partial charge < -0.3 is 5.73 Å². The summed E-state index contributed by atoms with van der Waals surface area (Å²) in [5.74, 6) is -1.57. The van der Waals surface area contributed by atoms with E-state index in [1.54, 1.807) is 0 Å². The van der Waals surface area contributed by atoms with Crippen molar-refractivity contribution in [3.8, 4) is 0 Å². The van der Waals surface area contributed by atoms with Gasteiger partial charge in [0.15, 0.2) is 0 Å². The van der Waals surface area contributed by atoms with Crippen LogP contribution >= 0.6 is 0 Å². The monoisotopic (exact) mass is 115 g/mol. The van der Waals surface area contributed by atoms with Crippen molar-refractivity contribution in [2.45, 2.75) is 6.42 Å². The molecule has 0 bridgehead atoms. The summed E-state index contributed by atoms with van der Waals surface area (Å²) in [5, 5.41) is 2.44. The molecule has 0 aliphatic heterocycles. The molecule has 5 nitrogen and oxygen atoms in total. The van der Waals surface area contributed by atoms with Gasteiger partial charge in [0.05, 0.1) is 0 Å². The fourth-order valence-corrected chi connectivity index (χ4v) is 0.189. The number of nitrogens with one attached hydrogen (secondary N) is 1. The summed E-state index contributed by atoms with van der Waals surface area (Å²) in [5.41, 5.74) is 10.6. The highest BCUT2D eigenvalue weighted by Crippen LogP contribution is 1.79. The van der Waals surface area contributed by atoms with E-state index in [9.17, 15) is 9.59 Å². The van der Waals surface area contributed by atoms with E-state index in [4.69, 9.17) is 5.53 Å². The van der Waals surface area contributed by atoms with Gasteiger partial charge in [-0.15, -0.1) is 5.11 Å². The number of nitrogens with two attached hydrogens (primary N) is 1. The predicted molar refractivity (Wildman–Crippen MR) is 24.0 cm³/mol. The zero-order chi connectivity index (χ0) is 6.57. The molecule has 0 atom stereocenters. The van der Waals surface area contributed by atoms with Crippen molar-refractivity contribution in [1.82, 2.24) is 0 Å². The first kappa shape index (κ1) is 6.74. The quantitative estimate of drug-likeness (QED) is 0.372. The number of primary amides is 1. The number of hydrogen-bond acceptors (Lipinski definition) is 3. The van der Waals surface area contributed by atoms with Crippen LogP contribution in [0.15, 0.2) is 5.11 Å². The van der Waals surface area contributed by atoms with Crippen LogP contribution in [-0.2, 0) is 9.59 Å². The Hall–Kier alpha value is -1.26. The molecule has 0 saturated heterocycles. The van der Waals surface area contributed by atoms with Crippen molar-refractivity contribution in [3.63, 3.8) is 0 Å². The van der Waals surface area contributed by atoms with Crippen molar-refractivity contribution in [3.05, 3.63) is 0 Å². The third-order valence-corrected chi connectivity index (χ3v) is 0.450. The average Bonchev–Trinajstić information content (AvgIpc) is 1.65. The lowest BCUT2D eigenvalue weighted by molar-refractivity contribution is -0.126. The number of rotatable bonds is 2. The van der Waals surface area contributed by atoms with Gasteiger partial charge in [-0.25, -0.2) is 5.53 Å². The molecular formula is C3H5N3O2. The van der Waals surface area contributed by atoms with Gasteiger partial charge in [-0.05, 0) is 0 Å². The van der Waals surface area contributed by atoms with Crippen LogP contribution in [0.1, 0.15) is 6.42 Å². The third kappa shape index (κ3) is 2.95. The Balaban J connectivity index is 3.55. The second-order valence-corrected chi connectivity index (χ2v) is 1.15. The largest absolute Gasteiger partial charge is 0.369 e. The minimum atomic E-state index is -0.808. The molecule has 0 aliphatic rings. The second-order valence-electron chi connectivity index (χ2n) is 1.15. The summed E-state index contributed by atoms with van der Waals surface area (Å²) in [7, 11) is 0. The fourth-order valence-electron chi connectivity index (χ4n) is 0.189. The highest BCUT2D eigenvalue weighted by atomic mass is 16.2. The Bertz CT molecular complexity index is 130. The van der Waals surface area contributed by atoms with E-state index in [0.717, 1.165) is 0 Å². The van der Waals surface area contributed by atoms with Gasteiger partial charge in [0.2, 0.25) is 5.91 Å². The van der Waals surface area contributed by atoms with Crippen molar-refractivity contribution in [2.24, 2.45) is 10.8 Å². The van der Waals surface area contributed by atoms with E-state index in [0.29, 0.717) is 0 Å². The van der Waals surface area contributed by atoms with Gasteiger partial charge in [0.1, 0.15) is 6.42 Å². The van der Waals surface area contributed by atoms with E-state index in [1.807, 2.05) is 0 Å². The van der Waals surface area contributed by atoms with E-state index < -0.39 is 18.2 Å². The summed E-state index contributed by atoms with van der Waals surface area (Å²) >= 11 is 0. The lowest BCUT2D eigenvalue weighted by Gasteiger charge is -1.82. The lowest BCUT2D eigenvalue weighted by atomic mass is 10.4. The van der Waals surface area contributed by atoms with Gasteiger partial charge in [-0.1, -0.05) is 0 Å². The summed E-state index contributed by atoms with van der Waals surface area (Å²) in [6, 6.07) is 0. The summed E-state index contributed by atoms with van der Waals surface area (Å²) in [4.78, 5) is 19.8. The average molecular weight is 115 g/mol. The molecule has 3 N–H and O–H groups in total. The molecule has 8 heavy (non-hydrogen) atoms. The van der Waals surface area contributed by atoms with Gasteiger partial charge in [0.25, 0.3) is 5.91 Å². The minimum absolute atomic E-state index is 0.469.